The Balaban J connectivity index is 1.77. The highest BCUT2D eigenvalue weighted by Crippen LogP contribution is 2.19. The van der Waals surface area contributed by atoms with E-state index in [1.807, 2.05) is 24.3 Å². The number of phenolic OH excluding ortho intramolecular Hbond substituents is 1. The minimum atomic E-state index is -1.25. The van der Waals surface area contributed by atoms with E-state index >= 15 is 0 Å². The highest BCUT2D eigenvalue weighted by atomic mass is 32.1. The van der Waals surface area contributed by atoms with Crippen molar-refractivity contribution in [2.24, 2.45) is 11.7 Å². The molecule has 4 unspecified atom stereocenters. The maximum atomic E-state index is 13.4. The Bertz CT molecular complexity index is 1340. The number of carbonyl (C=O) groups is 4. The van der Waals surface area contributed by atoms with E-state index in [4.69, 9.17) is 5.73 Å². The molecule has 40 heavy (non-hydrogen) atoms. The van der Waals surface area contributed by atoms with Gasteiger partial charge in [-0.2, -0.15) is 12.6 Å². The number of aliphatic carboxylic acids is 1. The Labute approximate surface area is 237 Å². The predicted octanol–water partition coefficient (Wildman–Crippen LogP) is 1.11. The monoisotopic (exact) mass is 569 g/mol. The van der Waals surface area contributed by atoms with Gasteiger partial charge >= 0.3 is 5.97 Å². The maximum Gasteiger partial charge on any atom is 0.327 e. The summed E-state index contributed by atoms with van der Waals surface area (Å²) in [5.41, 5.74) is 8.65. The van der Waals surface area contributed by atoms with Crippen molar-refractivity contribution in [3.05, 3.63) is 65.9 Å². The molecule has 8 N–H and O–H groups in total. The number of nitrogens with one attached hydrogen (secondary N) is 4. The number of para-hydroxylation sites is 1. The van der Waals surface area contributed by atoms with Crippen LogP contribution in [-0.2, 0) is 32.0 Å². The third kappa shape index (κ3) is 7.99. The molecule has 0 saturated carbocycles. The van der Waals surface area contributed by atoms with Crippen LogP contribution in [0.3, 0.4) is 0 Å². The fourth-order valence-electron chi connectivity index (χ4n) is 4.22. The molecule has 0 radical (unpaired) electrons. The number of aromatic nitrogens is 1. The molecule has 2 aromatic carbocycles. The Hall–Kier alpha value is -4.03. The van der Waals surface area contributed by atoms with Gasteiger partial charge in [0.2, 0.25) is 17.7 Å². The van der Waals surface area contributed by atoms with Crippen molar-refractivity contribution in [1.29, 1.82) is 0 Å². The number of amides is 3. The summed E-state index contributed by atoms with van der Waals surface area (Å²) in [5.74, 6) is -3.62. The number of fused-ring (bicyclic) bond motifs is 1. The van der Waals surface area contributed by atoms with Crippen molar-refractivity contribution in [1.82, 2.24) is 20.9 Å². The first-order chi connectivity index (χ1) is 19.0. The van der Waals surface area contributed by atoms with Gasteiger partial charge < -0.3 is 36.9 Å². The van der Waals surface area contributed by atoms with Crippen LogP contribution in [0.15, 0.2) is 54.7 Å². The molecule has 1 heterocycles. The number of phenols is 1. The molecule has 11 nitrogen and oxygen atoms in total. The zero-order valence-electron chi connectivity index (χ0n) is 22.3. The van der Waals surface area contributed by atoms with Crippen molar-refractivity contribution >= 4 is 47.2 Å². The minimum Gasteiger partial charge on any atom is -0.508 e. The molecule has 0 fully saturated rings. The number of aromatic hydroxyl groups is 1. The second-order valence-corrected chi connectivity index (χ2v) is 10.3. The number of carboxylic acids is 1. The number of carbonyl (C=O) groups excluding carboxylic acids is 3. The van der Waals surface area contributed by atoms with E-state index in [0.29, 0.717) is 5.56 Å². The SMILES string of the molecule is CC(C)C(NC(=O)C(Cc1ccc(O)cc1)NC(=O)C(N)Cc1c[nH]c2ccccc12)C(=O)NC(CS)C(=O)O. The van der Waals surface area contributed by atoms with Gasteiger partial charge in [-0.1, -0.05) is 44.2 Å². The van der Waals surface area contributed by atoms with E-state index < -0.39 is 53.8 Å². The Morgan fingerprint density at radius 2 is 1.55 bits per heavy atom. The summed E-state index contributed by atoms with van der Waals surface area (Å²) in [6.45, 7) is 3.40. The van der Waals surface area contributed by atoms with Gasteiger partial charge in [-0.05, 0) is 41.7 Å². The van der Waals surface area contributed by atoms with Gasteiger partial charge in [-0.25, -0.2) is 4.79 Å². The zero-order chi connectivity index (χ0) is 29.4. The van der Waals surface area contributed by atoms with Crippen LogP contribution in [0.4, 0.5) is 0 Å². The topological polar surface area (TPSA) is 187 Å². The summed E-state index contributed by atoms with van der Waals surface area (Å²) in [7, 11) is 0. The molecule has 3 aromatic rings. The van der Waals surface area contributed by atoms with Crippen LogP contribution in [0, 0.1) is 5.92 Å². The molecule has 12 heteroatoms. The van der Waals surface area contributed by atoms with Crippen LogP contribution in [0.2, 0.25) is 0 Å². The normalized spacial score (nSPS) is 14.2. The highest BCUT2D eigenvalue weighted by molar-refractivity contribution is 7.80. The van der Waals surface area contributed by atoms with Gasteiger partial charge in [0, 0.05) is 29.3 Å². The summed E-state index contributed by atoms with van der Waals surface area (Å²) in [5, 5.41) is 27.6. The minimum absolute atomic E-state index is 0.0447. The fourth-order valence-corrected chi connectivity index (χ4v) is 4.47. The van der Waals surface area contributed by atoms with E-state index in [0.717, 1.165) is 16.5 Å². The summed E-state index contributed by atoms with van der Waals surface area (Å²) in [6.07, 6.45) is 2.07. The summed E-state index contributed by atoms with van der Waals surface area (Å²) >= 11 is 3.96. The van der Waals surface area contributed by atoms with Crippen molar-refractivity contribution in [3.8, 4) is 5.75 Å². The van der Waals surface area contributed by atoms with Gasteiger partial charge in [0.1, 0.15) is 23.9 Å². The van der Waals surface area contributed by atoms with E-state index in [1.54, 1.807) is 32.2 Å². The van der Waals surface area contributed by atoms with Gasteiger partial charge in [0.05, 0.1) is 6.04 Å². The van der Waals surface area contributed by atoms with Crippen molar-refractivity contribution < 1.29 is 29.4 Å². The van der Waals surface area contributed by atoms with Crippen molar-refractivity contribution in [2.75, 3.05) is 5.75 Å². The van der Waals surface area contributed by atoms with Gasteiger partial charge in [0.25, 0.3) is 0 Å². The third-order valence-corrected chi connectivity index (χ3v) is 6.87. The zero-order valence-corrected chi connectivity index (χ0v) is 23.2. The first kappa shape index (κ1) is 30.5. The molecule has 1 aromatic heterocycles. The lowest BCUT2D eigenvalue weighted by atomic mass is 10.00. The number of rotatable bonds is 13. The first-order valence-electron chi connectivity index (χ1n) is 12.8. The van der Waals surface area contributed by atoms with Crippen molar-refractivity contribution in [2.45, 2.75) is 50.9 Å². The molecular weight excluding hydrogens is 534 g/mol. The number of aromatic amines is 1. The van der Waals surface area contributed by atoms with Crippen LogP contribution >= 0.6 is 12.6 Å². The standard InChI is InChI=1S/C28H35N5O6S/c1-15(2)24(27(37)32-23(14-40)28(38)39)33-26(36)22(11-16-7-9-18(34)10-8-16)31-25(35)20(29)12-17-13-30-21-6-4-3-5-19(17)21/h3-10,13,15,20,22-24,30,34,40H,11-12,14,29H2,1-2H3,(H,31,35)(H,32,37)(H,33,36)(H,38,39). The smallest absolute Gasteiger partial charge is 0.327 e. The van der Waals surface area contributed by atoms with Gasteiger partial charge in [-0.15, -0.1) is 0 Å². The number of carboxylic acid groups (broad SMARTS) is 1. The van der Waals surface area contributed by atoms with Gasteiger partial charge in [-0.3, -0.25) is 14.4 Å². The third-order valence-electron chi connectivity index (χ3n) is 6.50. The number of H-pyrrole nitrogens is 1. The van der Waals surface area contributed by atoms with Crippen LogP contribution in [0.25, 0.3) is 10.9 Å². The molecule has 0 aliphatic heterocycles. The molecule has 214 valence electrons. The number of benzene rings is 2. The second kappa shape index (κ2) is 13.9. The quantitative estimate of drug-likeness (QED) is 0.142. The van der Waals surface area contributed by atoms with Crippen LogP contribution < -0.4 is 21.7 Å². The Morgan fingerprint density at radius 3 is 2.17 bits per heavy atom. The first-order valence-corrected chi connectivity index (χ1v) is 13.5. The number of hydrogen-bond donors (Lipinski definition) is 8. The molecule has 0 bridgehead atoms. The highest BCUT2D eigenvalue weighted by Gasteiger charge is 2.32. The molecule has 3 amide bonds. The molecule has 4 atom stereocenters. The van der Waals surface area contributed by atoms with E-state index in [9.17, 15) is 29.4 Å². The largest absolute Gasteiger partial charge is 0.508 e. The summed E-state index contributed by atoms with van der Waals surface area (Å²) in [4.78, 5) is 54.0. The lowest BCUT2D eigenvalue weighted by molar-refractivity contribution is -0.142. The average molecular weight is 570 g/mol. The molecular formula is C28H35N5O6S. The summed E-state index contributed by atoms with van der Waals surface area (Å²) < 4.78 is 0. The average Bonchev–Trinajstić information content (AvgIpc) is 3.33. The summed E-state index contributed by atoms with van der Waals surface area (Å²) in [6, 6.07) is 9.39. The van der Waals surface area contributed by atoms with E-state index in [2.05, 4.69) is 33.6 Å². The molecule has 0 saturated heterocycles. The lowest BCUT2D eigenvalue weighted by Crippen LogP contribution is -2.59. The lowest BCUT2D eigenvalue weighted by Gasteiger charge is -2.27. The van der Waals surface area contributed by atoms with Crippen LogP contribution in [0.5, 0.6) is 5.75 Å². The second-order valence-electron chi connectivity index (χ2n) is 9.91. The molecule has 3 rings (SSSR count). The number of thiol groups is 1. The van der Waals surface area contributed by atoms with Crippen molar-refractivity contribution in [3.63, 3.8) is 0 Å². The van der Waals surface area contributed by atoms with Gasteiger partial charge in [0.15, 0.2) is 0 Å². The maximum absolute atomic E-state index is 13.4. The number of nitrogens with two attached hydrogens (primary N) is 1. The van der Waals surface area contributed by atoms with Crippen LogP contribution in [0.1, 0.15) is 25.0 Å². The molecule has 0 spiro atoms. The predicted molar refractivity (Wildman–Crippen MR) is 154 cm³/mol. The molecule has 0 aliphatic carbocycles. The van der Waals surface area contributed by atoms with E-state index in [-0.39, 0.29) is 24.3 Å². The van der Waals surface area contributed by atoms with Crippen LogP contribution in [-0.4, -0.2) is 68.8 Å². The Kier molecular flexibility index (Phi) is 10.6. The Morgan fingerprint density at radius 1 is 0.900 bits per heavy atom. The molecule has 0 aliphatic rings. The van der Waals surface area contributed by atoms with E-state index in [1.165, 1.54) is 12.1 Å². The fraction of sp³-hybridized carbons (Fsp3) is 0.357. The number of hydrogen-bond acceptors (Lipinski definition) is 7.